The third-order valence-electron chi connectivity index (χ3n) is 5.70. The molecule has 1 aromatic carbocycles. The fourth-order valence-corrected chi connectivity index (χ4v) is 5.25. The molecule has 8 nitrogen and oxygen atoms in total. The van der Waals surface area contributed by atoms with E-state index in [1.54, 1.807) is 18.4 Å². The van der Waals surface area contributed by atoms with E-state index >= 15 is 0 Å². The zero-order chi connectivity index (χ0) is 23.7. The molecule has 34 heavy (non-hydrogen) atoms. The molecule has 172 valence electrons. The third kappa shape index (κ3) is 4.29. The lowest BCUT2D eigenvalue weighted by molar-refractivity contribution is 0.0948. The number of aryl methyl sites for hydroxylation is 2. The third-order valence-corrected chi connectivity index (χ3v) is 6.91. The Morgan fingerprint density at radius 2 is 1.94 bits per heavy atom. The molecule has 0 spiro atoms. The summed E-state index contributed by atoms with van der Waals surface area (Å²) in [6, 6.07) is 12.4. The first-order chi connectivity index (χ1) is 16.5. The van der Waals surface area contributed by atoms with E-state index in [2.05, 4.69) is 15.7 Å². The molecule has 0 aliphatic heterocycles. The van der Waals surface area contributed by atoms with Crippen molar-refractivity contribution in [2.75, 3.05) is 5.32 Å². The number of rotatable bonds is 6. The number of fused-ring (bicyclic) bond motifs is 1. The first kappa shape index (κ1) is 21.8. The summed E-state index contributed by atoms with van der Waals surface area (Å²) in [4.78, 5) is 39.7. The molecule has 0 radical (unpaired) electrons. The van der Waals surface area contributed by atoms with Crippen LogP contribution in [-0.2, 0) is 19.4 Å². The second kappa shape index (κ2) is 9.11. The molecular weight excluding hydrogens is 452 g/mol. The minimum Gasteiger partial charge on any atom is -0.467 e. The van der Waals surface area contributed by atoms with Gasteiger partial charge in [-0.1, -0.05) is 17.7 Å². The quantitative estimate of drug-likeness (QED) is 0.441. The lowest BCUT2D eigenvalue weighted by Crippen LogP contribution is -2.27. The molecule has 0 fully saturated rings. The number of hydrogen-bond donors (Lipinski definition) is 2. The van der Waals surface area contributed by atoms with Crippen LogP contribution in [0.1, 0.15) is 49.0 Å². The number of anilines is 1. The molecule has 1 aliphatic carbocycles. The van der Waals surface area contributed by atoms with Crippen molar-refractivity contribution in [3.63, 3.8) is 0 Å². The monoisotopic (exact) mass is 474 g/mol. The van der Waals surface area contributed by atoms with Gasteiger partial charge in [-0.3, -0.25) is 14.4 Å². The van der Waals surface area contributed by atoms with Crippen molar-refractivity contribution in [2.45, 2.75) is 32.7 Å². The summed E-state index contributed by atoms with van der Waals surface area (Å²) in [5.74, 6) is -0.299. The summed E-state index contributed by atoms with van der Waals surface area (Å²) in [7, 11) is 0. The fourth-order valence-electron chi connectivity index (χ4n) is 3.97. The fraction of sp³-hybridized carbons (Fsp3) is 0.200. The molecule has 2 N–H and O–H groups in total. The first-order valence-electron chi connectivity index (χ1n) is 10.9. The lowest BCUT2D eigenvalue weighted by atomic mass is 10.1. The molecule has 0 saturated carbocycles. The van der Waals surface area contributed by atoms with Gasteiger partial charge in [0.05, 0.1) is 24.1 Å². The van der Waals surface area contributed by atoms with Gasteiger partial charge in [0.2, 0.25) is 5.43 Å². The average molecular weight is 475 g/mol. The van der Waals surface area contributed by atoms with E-state index in [9.17, 15) is 14.4 Å². The zero-order valence-corrected chi connectivity index (χ0v) is 19.3. The molecule has 5 rings (SSSR count). The van der Waals surface area contributed by atoms with E-state index in [-0.39, 0.29) is 18.1 Å². The highest BCUT2D eigenvalue weighted by atomic mass is 32.1. The topological polar surface area (TPSA) is 106 Å². The molecule has 1 aliphatic rings. The van der Waals surface area contributed by atoms with E-state index in [4.69, 9.17) is 4.42 Å². The molecule has 0 bridgehead atoms. The van der Waals surface area contributed by atoms with Gasteiger partial charge in [-0.2, -0.15) is 5.10 Å². The van der Waals surface area contributed by atoms with Crippen LogP contribution in [0.25, 0.3) is 5.69 Å². The minimum absolute atomic E-state index is 0.237. The Morgan fingerprint density at radius 1 is 1.12 bits per heavy atom. The van der Waals surface area contributed by atoms with Gasteiger partial charge in [0, 0.05) is 17.1 Å². The van der Waals surface area contributed by atoms with Crippen LogP contribution in [0.2, 0.25) is 0 Å². The van der Waals surface area contributed by atoms with Crippen LogP contribution in [0.5, 0.6) is 0 Å². The average Bonchev–Trinajstić information content (AvgIpc) is 3.56. The normalized spacial score (nSPS) is 12.4. The summed E-state index contributed by atoms with van der Waals surface area (Å²) in [6.07, 6.45) is 5.67. The number of benzene rings is 1. The maximum Gasteiger partial charge on any atom is 0.280 e. The Kier molecular flexibility index (Phi) is 5.85. The Bertz CT molecular complexity index is 1420. The number of carbonyl (C=O) groups excluding carboxylic acids is 2. The maximum atomic E-state index is 13.1. The number of nitrogens with zero attached hydrogens (tertiary/aromatic N) is 2. The Hall–Kier alpha value is -3.98. The largest absolute Gasteiger partial charge is 0.467 e. The van der Waals surface area contributed by atoms with Crippen molar-refractivity contribution in [2.24, 2.45) is 0 Å². The number of thiophene rings is 1. The molecule has 0 saturated heterocycles. The van der Waals surface area contributed by atoms with Crippen molar-refractivity contribution >= 4 is 28.2 Å². The zero-order valence-electron chi connectivity index (χ0n) is 18.5. The molecule has 3 aromatic heterocycles. The molecule has 9 heteroatoms. The predicted octanol–water partition coefficient (Wildman–Crippen LogP) is 3.87. The van der Waals surface area contributed by atoms with Crippen molar-refractivity contribution in [1.82, 2.24) is 15.1 Å². The van der Waals surface area contributed by atoms with Crippen LogP contribution in [0.15, 0.2) is 64.1 Å². The number of aromatic nitrogens is 2. The SMILES string of the molecule is Cc1ccc(-n2ccc(=O)c(C(=O)Nc3sc4c(c3C(=O)NCc3ccco3)CCC4)n2)cc1. The van der Waals surface area contributed by atoms with Crippen LogP contribution in [0, 0.1) is 6.92 Å². The van der Waals surface area contributed by atoms with Gasteiger partial charge in [0.1, 0.15) is 10.8 Å². The number of hydrogen-bond acceptors (Lipinski definition) is 6. The maximum absolute atomic E-state index is 13.1. The summed E-state index contributed by atoms with van der Waals surface area (Å²) < 4.78 is 6.77. The minimum atomic E-state index is -0.647. The van der Waals surface area contributed by atoms with Crippen molar-refractivity contribution in [3.8, 4) is 5.69 Å². The van der Waals surface area contributed by atoms with Crippen LogP contribution in [-0.4, -0.2) is 21.6 Å². The molecule has 0 atom stereocenters. The summed E-state index contributed by atoms with van der Waals surface area (Å²) in [5.41, 5.74) is 2.49. The molecule has 0 unspecified atom stereocenters. The number of furan rings is 1. The predicted molar refractivity (Wildman–Crippen MR) is 129 cm³/mol. The number of amides is 2. The number of carbonyl (C=O) groups is 2. The van der Waals surface area contributed by atoms with E-state index < -0.39 is 11.3 Å². The highest BCUT2D eigenvalue weighted by molar-refractivity contribution is 7.17. The summed E-state index contributed by atoms with van der Waals surface area (Å²) >= 11 is 1.38. The van der Waals surface area contributed by atoms with Gasteiger partial charge in [-0.15, -0.1) is 11.3 Å². The Labute approximate surface area is 199 Å². The van der Waals surface area contributed by atoms with E-state index in [1.165, 1.54) is 28.3 Å². The molecule has 4 aromatic rings. The summed E-state index contributed by atoms with van der Waals surface area (Å²) in [5, 5.41) is 10.3. The van der Waals surface area contributed by atoms with E-state index in [1.807, 2.05) is 31.2 Å². The second-order valence-corrected chi connectivity index (χ2v) is 9.19. The number of nitrogens with one attached hydrogen (secondary N) is 2. The molecular formula is C25H22N4O4S. The van der Waals surface area contributed by atoms with Gasteiger partial charge >= 0.3 is 0 Å². The Balaban J connectivity index is 1.42. The molecule has 3 heterocycles. The van der Waals surface area contributed by atoms with Crippen LogP contribution in [0.3, 0.4) is 0 Å². The van der Waals surface area contributed by atoms with Gasteiger partial charge < -0.3 is 15.1 Å². The second-order valence-electron chi connectivity index (χ2n) is 8.09. The van der Waals surface area contributed by atoms with Crippen LogP contribution < -0.4 is 16.1 Å². The van der Waals surface area contributed by atoms with Crippen molar-refractivity contribution < 1.29 is 14.0 Å². The van der Waals surface area contributed by atoms with E-state index in [0.29, 0.717) is 16.3 Å². The van der Waals surface area contributed by atoms with Gasteiger partial charge in [-0.05, 0) is 56.0 Å². The van der Waals surface area contributed by atoms with Gasteiger partial charge in [0.15, 0.2) is 5.69 Å². The van der Waals surface area contributed by atoms with Crippen molar-refractivity contribution in [1.29, 1.82) is 0 Å². The van der Waals surface area contributed by atoms with Crippen LogP contribution in [0.4, 0.5) is 5.00 Å². The smallest absolute Gasteiger partial charge is 0.280 e. The highest BCUT2D eigenvalue weighted by Gasteiger charge is 2.28. The van der Waals surface area contributed by atoms with Gasteiger partial charge in [-0.25, -0.2) is 4.68 Å². The standard InChI is InChI=1S/C25H22N4O4S/c1-15-7-9-16(10-8-15)29-12-11-19(30)22(28-29)24(32)27-25-21(18-5-2-6-20(18)34-25)23(31)26-14-17-4-3-13-33-17/h3-4,7-13H,2,5-6,14H2,1H3,(H,26,31)(H,27,32). The summed E-state index contributed by atoms with van der Waals surface area (Å²) in [6.45, 7) is 2.22. The lowest BCUT2D eigenvalue weighted by Gasteiger charge is -2.10. The van der Waals surface area contributed by atoms with E-state index in [0.717, 1.165) is 41.0 Å². The van der Waals surface area contributed by atoms with Crippen LogP contribution >= 0.6 is 11.3 Å². The van der Waals surface area contributed by atoms with Gasteiger partial charge in [0.25, 0.3) is 11.8 Å². The highest BCUT2D eigenvalue weighted by Crippen LogP contribution is 2.39. The Morgan fingerprint density at radius 3 is 2.71 bits per heavy atom. The first-order valence-corrected chi connectivity index (χ1v) is 11.7. The molecule has 2 amide bonds. The van der Waals surface area contributed by atoms with Crippen molar-refractivity contribution in [3.05, 3.63) is 98.2 Å².